The molecule has 6 rings (SSSR count). The van der Waals surface area contributed by atoms with Crippen molar-refractivity contribution in [2.24, 2.45) is 0 Å². The van der Waals surface area contributed by atoms with Crippen molar-refractivity contribution in [1.82, 2.24) is 25.5 Å². The summed E-state index contributed by atoms with van der Waals surface area (Å²) >= 11 is 5.19. The van der Waals surface area contributed by atoms with Gasteiger partial charge in [-0.15, -0.1) is 23.7 Å². The summed E-state index contributed by atoms with van der Waals surface area (Å²) in [5, 5.41) is 15.0. The third kappa shape index (κ3) is 9.04. The molecule has 0 bridgehead atoms. The highest BCUT2D eigenvalue weighted by Gasteiger charge is 2.23. The first-order valence-corrected chi connectivity index (χ1v) is 16.5. The normalized spacial score (nSPS) is 16.4. The van der Waals surface area contributed by atoms with E-state index in [0.29, 0.717) is 6.54 Å². The molecule has 2 aliphatic heterocycles. The van der Waals surface area contributed by atoms with E-state index in [-0.39, 0.29) is 29.4 Å². The number of amides is 1. The first-order valence-electron chi connectivity index (χ1n) is 14.9. The van der Waals surface area contributed by atoms with Gasteiger partial charge in [-0.2, -0.15) is 0 Å². The Morgan fingerprint density at radius 1 is 0.978 bits per heavy atom. The summed E-state index contributed by atoms with van der Waals surface area (Å²) in [4.78, 5) is 24.6. The fourth-order valence-electron chi connectivity index (χ4n) is 5.06. The van der Waals surface area contributed by atoms with Gasteiger partial charge >= 0.3 is 0 Å². The van der Waals surface area contributed by atoms with Gasteiger partial charge in [0.15, 0.2) is 0 Å². The lowest BCUT2D eigenvalue weighted by Crippen LogP contribution is -2.42. The monoisotopic (exact) mass is 711 g/mol. The Hall–Kier alpha value is -3.02. The molecule has 1 amide bonds. The van der Waals surface area contributed by atoms with E-state index in [1.165, 1.54) is 26.1 Å². The van der Waals surface area contributed by atoms with Gasteiger partial charge in [0.1, 0.15) is 11.6 Å². The van der Waals surface area contributed by atoms with Crippen molar-refractivity contribution in [3.8, 4) is 0 Å². The maximum atomic E-state index is 12.7. The number of fused-ring (bicyclic) bond motifs is 3. The number of rotatable bonds is 4. The lowest BCUT2D eigenvalue weighted by atomic mass is 10.1. The van der Waals surface area contributed by atoms with Gasteiger partial charge < -0.3 is 26.2 Å². The minimum Gasteiger partial charge on any atom is -0.368 e. The van der Waals surface area contributed by atoms with Crippen LogP contribution in [0.3, 0.4) is 0 Å². The fraction of sp³-hybridized carbons (Fsp3) is 0.382. The number of aryl methyl sites for hydroxylation is 1. The zero-order valence-corrected chi connectivity index (χ0v) is 30.0. The molecule has 0 aliphatic carbocycles. The van der Waals surface area contributed by atoms with E-state index in [4.69, 9.17) is 0 Å². The number of nitrogens with one attached hydrogen (secondary N) is 4. The van der Waals surface area contributed by atoms with Crippen molar-refractivity contribution in [2.75, 3.05) is 30.8 Å². The van der Waals surface area contributed by atoms with Crippen molar-refractivity contribution in [3.63, 3.8) is 0 Å². The topological polar surface area (TPSA) is 94.2 Å². The van der Waals surface area contributed by atoms with Crippen LogP contribution in [-0.4, -0.2) is 52.0 Å². The molecule has 8 nitrogen and oxygen atoms in total. The SMILES string of the molecule is CC1(C)CNc2ncc(Br)cc2CN1.Cc1c(CN(C)C(=O)/C=C/c2cnc3c(c2)CNC(C)(C)CN3)sc2ccccc12.Cl. The first-order chi connectivity index (χ1) is 20.9. The molecular weight excluding hydrogens is 670 g/mol. The maximum Gasteiger partial charge on any atom is 0.246 e. The quantitative estimate of drug-likeness (QED) is 0.167. The van der Waals surface area contributed by atoms with Crippen molar-refractivity contribution >= 4 is 73.4 Å². The lowest BCUT2D eigenvalue weighted by molar-refractivity contribution is -0.125. The molecule has 240 valence electrons. The number of carbonyl (C=O) groups is 1. The van der Waals surface area contributed by atoms with Gasteiger partial charge in [-0.05, 0) is 91.3 Å². The summed E-state index contributed by atoms with van der Waals surface area (Å²) in [7, 11) is 1.85. The summed E-state index contributed by atoms with van der Waals surface area (Å²) in [6, 6.07) is 12.6. The molecule has 2 aliphatic rings. The van der Waals surface area contributed by atoms with E-state index < -0.39 is 0 Å². The van der Waals surface area contributed by atoms with Crippen LogP contribution in [0.15, 0.2) is 59.3 Å². The van der Waals surface area contributed by atoms with Gasteiger partial charge in [0.25, 0.3) is 0 Å². The molecule has 0 saturated carbocycles. The number of nitrogens with zero attached hydrogens (tertiary/aromatic N) is 3. The van der Waals surface area contributed by atoms with Crippen LogP contribution in [0, 0.1) is 6.92 Å². The molecule has 0 radical (unpaired) electrons. The molecule has 3 aromatic heterocycles. The summed E-state index contributed by atoms with van der Waals surface area (Å²) < 4.78 is 2.29. The second-order valence-electron chi connectivity index (χ2n) is 12.8. The molecule has 0 saturated heterocycles. The Morgan fingerprint density at radius 2 is 1.58 bits per heavy atom. The lowest BCUT2D eigenvalue weighted by Gasteiger charge is -2.23. The summed E-state index contributed by atoms with van der Waals surface area (Å²) in [6.45, 7) is 14.8. The van der Waals surface area contributed by atoms with E-state index in [9.17, 15) is 4.79 Å². The number of anilines is 2. The Morgan fingerprint density at radius 3 is 2.22 bits per heavy atom. The molecule has 0 fully saturated rings. The molecule has 45 heavy (non-hydrogen) atoms. The summed E-state index contributed by atoms with van der Waals surface area (Å²) in [6.07, 6.45) is 7.11. The predicted octanol–water partition coefficient (Wildman–Crippen LogP) is 7.13. The molecular formula is C34H43BrClN7OS. The van der Waals surface area contributed by atoms with E-state index in [1.54, 1.807) is 22.3 Å². The molecule has 11 heteroatoms. The van der Waals surface area contributed by atoms with Crippen LogP contribution in [0.1, 0.15) is 54.8 Å². The van der Waals surface area contributed by atoms with Gasteiger partial charge in [0, 0.05) is 88.0 Å². The Bertz CT molecular complexity index is 1690. The summed E-state index contributed by atoms with van der Waals surface area (Å²) in [5.41, 5.74) is 4.65. The van der Waals surface area contributed by atoms with Crippen molar-refractivity contribution in [3.05, 3.63) is 86.5 Å². The third-order valence-electron chi connectivity index (χ3n) is 7.95. The van der Waals surface area contributed by atoms with Gasteiger partial charge in [-0.25, -0.2) is 9.97 Å². The molecule has 0 unspecified atom stereocenters. The number of hydrogen-bond donors (Lipinski definition) is 4. The Balaban J connectivity index is 0.000000258. The molecule has 5 heterocycles. The number of halogens is 2. The average molecular weight is 713 g/mol. The van der Waals surface area contributed by atoms with Crippen LogP contribution >= 0.6 is 39.7 Å². The highest BCUT2D eigenvalue weighted by Crippen LogP contribution is 2.31. The summed E-state index contributed by atoms with van der Waals surface area (Å²) in [5.74, 6) is 1.89. The van der Waals surface area contributed by atoms with Crippen LogP contribution in [0.2, 0.25) is 0 Å². The number of hydrogen-bond acceptors (Lipinski definition) is 8. The van der Waals surface area contributed by atoms with E-state index >= 15 is 0 Å². The molecule has 1 aromatic carbocycles. The largest absolute Gasteiger partial charge is 0.368 e. The van der Waals surface area contributed by atoms with E-state index in [0.717, 1.165) is 53.4 Å². The van der Waals surface area contributed by atoms with Gasteiger partial charge in [0.2, 0.25) is 5.91 Å². The minimum atomic E-state index is -0.0146. The first kappa shape index (κ1) is 34.8. The van der Waals surface area contributed by atoms with E-state index in [2.05, 4.69) is 118 Å². The van der Waals surface area contributed by atoms with Gasteiger partial charge in [0.05, 0.1) is 6.54 Å². The van der Waals surface area contributed by atoms with Crippen LogP contribution in [0.4, 0.5) is 11.6 Å². The highest BCUT2D eigenvalue weighted by molar-refractivity contribution is 9.10. The Kier molecular flexibility index (Phi) is 11.3. The van der Waals surface area contributed by atoms with Gasteiger partial charge in [-0.3, -0.25) is 4.79 Å². The van der Waals surface area contributed by atoms with Crippen molar-refractivity contribution < 1.29 is 4.79 Å². The number of likely N-dealkylation sites (N-methyl/N-ethyl adjacent to an activating group) is 1. The maximum absolute atomic E-state index is 12.7. The Labute approximate surface area is 285 Å². The van der Waals surface area contributed by atoms with Crippen LogP contribution < -0.4 is 21.3 Å². The highest BCUT2D eigenvalue weighted by atomic mass is 79.9. The van der Waals surface area contributed by atoms with E-state index in [1.807, 2.05) is 25.5 Å². The number of carbonyl (C=O) groups excluding carboxylic acids is 1. The zero-order valence-electron chi connectivity index (χ0n) is 26.8. The van der Waals surface area contributed by atoms with Crippen molar-refractivity contribution in [2.45, 2.75) is 65.3 Å². The van der Waals surface area contributed by atoms with Crippen molar-refractivity contribution in [1.29, 1.82) is 0 Å². The minimum absolute atomic E-state index is 0. The van der Waals surface area contributed by atoms with Crippen LogP contribution in [0.25, 0.3) is 16.2 Å². The second kappa shape index (κ2) is 14.6. The predicted molar refractivity (Wildman–Crippen MR) is 194 cm³/mol. The average Bonchev–Trinajstić information content (AvgIpc) is 3.11. The second-order valence-corrected chi connectivity index (χ2v) is 14.8. The molecule has 0 atom stereocenters. The molecule has 4 N–H and O–H groups in total. The van der Waals surface area contributed by atoms with Gasteiger partial charge in [-0.1, -0.05) is 18.2 Å². The number of aromatic nitrogens is 2. The third-order valence-corrected chi connectivity index (χ3v) is 9.64. The zero-order chi connectivity index (χ0) is 31.5. The fourth-order valence-corrected chi connectivity index (χ4v) is 6.70. The smallest absolute Gasteiger partial charge is 0.246 e. The molecule has 0 spiro atoms. The number of pyridine rings is 2. The number of benzene rings is 1. The van der Waals surface area contributed by atoms with Crippen LogP contribution in [-0.2, 0) is 24.4 Å². The number of thiophene rings is 1. The van der Waals surface area contributed by atoms with Crippen LogP contribution in [0.5, 0.6) is 0 Å². The molecule has 4 aromatic rings. The standard InChI is InChI=1S/C24H28N4OS.C10H14BrN3.ClH/c1-16-19-7-5-6-8-20(19)30-21(16)14-28(4)22(29)10-9-17-11-18-13-27-24(2,3)15-26-23(18)25-12-17;1-10(2)6-13-9-7(4-14-10)3-8(11)5-12-9;/h5-12,27H,13-15H2,1-4H3,(H,25,26);3,5,14H,4,6H2,1-2H3,(H,12,13);1H/b10-9+;;.